The van der Waals surface area contributed by atoms with E-state index >= 15 is 0 Å². The standard InChI is InChI=1S/C9H6F2O3S/c1-15-5-3-2-4(10)6(7(5)11)8(12)9(13)14/h2-3H,1H3,(H,13,14). The van der Waals surface area contributed by atoms with Gasteiger partial charge < -0.3 is 5.11 Å². The number of benzene rings is 1. The summed E-state index contributed by atoms with van der Waals surface area (Å²) < 4.78 is 26.4. The molecule has 1 N–H and O–H groups in total. The lowest BCUT2D eigenvalue weighted by Crippen LogP contribution is -2.16. The van der Waals surface area contributed by atoms with E-state index in [1.807, 2.05) is 0 Å². The van der Waals surface area contributed by atoms with Gasteiger partial charge in [-0.3, -0.25) is 4.79 Å². The lowest BCUT2D eigenvalue weighted by atomic mass is 10.1. The van der Waals surface area contributed by atoms with Gasteiger partial charge in [-0.15, -0.1) is 11.8 Å². The Morgan fingerprint density at radius 1 is 1.33 bits per heavy atom. The minimum absolute atomic E-state index is 0.0287. The molecule has 0 atom stereocenters. The first-order chi connectivity index (χ1) is 6.99. The summed E-state index contributed by atoms with van der Waals surface area (Å²) in [6.45, 7) is 0. The van der Waals surface area contributed by atoms with Gasteiger partial charge in [0.2, 0.25) is 0 Å². The molecule has 0 aliphatic rings. The number of carboxylic acid groups (broad SMARTS) is 1. The molecule has 1 aromatic rings. The van der Waals surface area contributed by atoms with E-state index in [9.17, 15) is 18.4 Å². The van der Waals surface area contributed by atoms with Crippen LogP contribution in [-0.2, 0) is 4.79 Å². The third kappa shape index (κ3) is 2.15. The number of thioether (sulfide) groups is 1. The molecule has 0 saturated carbocycles. The summed E-state index contributed by atoms with van der Waals surface area (Å²) in [5.41, 5.74) is -1.02. The molecule has 0 saturated heterocycles. The number of Topliss-reactive ketones (excluding diaryl/α,β-unsaturated/α-hetero) is 1. The maximum atomic E-state index is 13.4. The van der Waals surface area contributed by atoms with Crippen molar-refractivity contribution in [2.24, 2.45) is 0 Å². The summed E-state index contributed by atoms with van der Waals surface area (Å²) in [6.07, 6.45) is 1.53. The maximum absolute atomic E-state index is 13.4. The smallest absolute Gasteiger partial charge is 0.377 e. The van der Waals surface area contributed by atoms with E-state index in [1.54, 1.807) is 0 Å². The number of ketones is 1. The number of aliphatic carboxylic acids is 1. The SMILES string of the molecule is CSc1ccc(F)c(C(=O)C(=O)O)c1F. The number of carbonyl (C=O) groups excluding carboxylic acids is 1. The molecule has 0 aliphatic carbocycles. The third-order valence-electron chi connectivity index (χ3n) is 1.70. The van der Waals surface area contributed by atoms with E-state index in [-0.39, 0.29) is 4.90 Å². The van der Waals surface area contributed by atoms with Gasteiger partial charge in [-0.2, -0.15) is 0 Å². The molecule has 1 rings (SSSR count). The van der Waals surface area contributed by atoms with Crippen LogP contribution in [0.4, 0.5) is 8.78 Å². The zero-order chi connectivity index (χ0) is 11.6. The highest BCUT2D eigenvalue weighted by molar-refractivity contribution is 7.98. The Hall–Kier alpha value is -1.43. The highest BCUT2D eigenvalue weighted by atomic mass is 32.2. The molecule has 0 bridgehead atoms. The summed E-state index contributed by atoms with van der Waals surface area (Å²) in [5.74, 6) is -5.76. The lowest BCUT2D eigenvalue weighted by Gasteiger charge is -2.04. The van der Waals surface area contributed by atoms with Gasteiger partial charge in [-0.05, 0) is 18.4 Å². The van der Waals surface area contributed by atoms with Gasteiger partial charge in [0.15, 0.2) is 5.82 Å². The van der Waals surface area contributed by atoms with Gasteiger partial charge in [0.1, 0.15) is 11.4 Å². The number of carboxylic acids is 1. The molecule has 1 aromatic carbocycles. The van der Waals surface area contributed by atoms with E-state index in [0.717, 1.165) is 23.9 Å². The molecule has 6 heteroatoms. The number of halogens is 2. The number of carbonyl (C=O) groups is 2. The highest BCUT2D eigenvalue weighted by Gasteiger charge is 2.25. The number of rotatable bonds is 3. The maximum Gasteiger partial charge on any atom is 0.377 e. The monoisotopic (exact) mass is 232 g/mol. The van der Waals surface area contributed by atoms with E-state index in [1.165, 1.54) is 6.26 Å². The van der Waals surface area contributed by atoms with Crippen molar-refractivity contribution in [3.8, 4) is 0 Å². The Bertz CT molecular complexity index is 432. The quantitative estimate of drug-likeness (QED) is 0.491. The molecular formula is C9H6F2O3S. The van der Waals surface area contributed by atoms with Crippen molar-refractivity contribution in [1.82, 2.24) is 0 Å². The molecule has 0 fully saturated rings. The van der Waals surface area contributed by atoms with Crippen LogP contribution in [0.15, 0.2) is 17.0 Å². The van der Waals surface area contributed by atoms with Crippen molar-refractivity contribution in [3.05, 3.63) is 29.3 Å². The minimum atomic E-state index is -1.88. The largest absolute Gasteiger partial charge is 0.475 e. The summed E-state index contributed by atoms with van der Waals surface area (Å²) >= 11 is 0.961. The molecule has 0 aliphatic heterocycles. The fourth-order valence-corrected chi connectivity index (χ4v) is 1.49. The summed E-state index contributed by atoms with van der Waals surface area (Å²) in [4.78, 5) is 21.3. The Balaban J connectivity index is 3.39. The van der Waals surface area contributed by atoms with E-state index in [4.69, 9.17) is 5.11 Å². The van der Waals surface area contributed by atoms with Gasteiger partial charge in [0.05, 0.1) is 0 Å². The number of hydrogen-bond donors (Lipinski definition) is 1. The normalized spacial score (nSPS) is 10.1. The van der Waals surface area contributed by atoms with Crippen LogP contribution < -0.4 is 0 Å². The zero-order valence-electron chi connectivity index (χ0n) is 7.58. The van der Waals surface area contributed by atoms with Crippen molar-refractivity contribution in [1.29, 1.82) is 0 Å². The average Bonchev–Trinajstić information content (AvgIpc) is 2.17. The third-order valence-corrected chi connectivity index (χ3v) is 2.45. The molecule has 0 amide bonds. The second-order valence-corrected chi connectivity index (χ2v) is 3.42. The van der Waals surface area contributed by atoms with Crippen LogP contribution >= 0.6 is 11.8 Å². The first-order valence-electron chi connectivity index (χ1n) is 3.78. The van der Waals surface area contributed by atoms with E-state index < -0.39 is 29.0 Å². The van der Waals surface area contributed by atoms with Crippen molar-refractivity contribution in [3.63, 3.8) is 0 Å². The molecule has 0 radical (unpaired) electrons. The minimum Gasteiger partial charge on any atom is -0.475 e. The Morgan fingerprint density at radius 3 is 2.40 bits per heavy atom. The van der Waals surface area contributed by atoms with Crippen molar-refractivity contribution < 1.29 is 23.5 Å². The van der Waals surface area contributed by atoms with Crippen LogP contribution in [0.1, 0.15) is 10.4 Å². The fourth-order valence-electron chi connectivity index (χ4n) is 1.01. The highest BCUT2D eigenvalue weighted by Crippen LogP contribution is 2.24. The Morgan fingerprint density at radius 2 is 1.93 bits per heavy atom. The first kappa shape index (κ1) is 11.6. The van der Waals surface area contributed by atoms with Crippen LogP contribution in [0.3, 0.4) is 0 Å². The molecule has 0 heterocycles. The van der Waals surface area contributed by atoms with Gasteiger partial charge in [0.25, 0.3) is 5.78 Å². The predicted molar refractivity (Wildman–Crippen MR) is 50.1 cm³/mol. The average molecular weight is 232 g/mol. The molecule has 3 nitrogen and oxygen atoms in total. The zero-order valence-corrected chi connectivity index (χ0v) is 8.40. The molecule has 0 spiro atoms. The lowest BCUT2D eigenvalue weighted by molar-refractivity contribution is -0.131. The summed E-state index contributed by atoms with van der Waals surface area (Å²) in [5, 5.41) is 8.36. The van der Waals surface area contributed by atoms with Crippen LogP contribution in [-0.4, -0.2) is 23.1 Å². The van der Waals surface area contributed by atoms with Crippen LogP contribution in [0.2, 0.25) is 0 Å². The fraction of sp³-hybridized carbons (Fsp3) is 0.111. The van der Waals surface area contributed by atoms with Crippen LogP contribution in [0.5, 0.6) is 0 Å². The second-order valence-electron chi connectivity index (χ2n) is 2.57. The number of hydrogen-bond acceptors (Lipinski definition) is 3. The van der Waals surface area contributed by atoms with Crippen LogP contribution in [0, 0.1) is 11.6 Å². The Labute approximate surface area is 88.1 Å². The van der Waals surface area contributed by atoms with Gasteiger partial charge >= 0.3 is 5.97 Å². The first-order valence-corrected chi connectivity index (χ1v) is 5.01. The topological polar surface area (TPSA) is 54.4 Å². The van der Waals surface area contributed by atoms with Crippen LogP contribution in [0.25, 0.3) is 0 Å². The second kappa shape index (κ2) is 4.39. The van der Waals surface area contributed by atoms with E-state index in [0.29, 0.717) is 0 Å². The summed E-state index contributed by atoms with van der Waals surface area (Å²) in [6, 6.07) is 2.01. The van der Waals surface area contributed by atoms with Crippen molar-refractivity contribution in [2.45, 2.75) is 4.90 Å². The van der Waals surface area contributed by atoms with Crippen molar-refractivity contribution >= 4 is 23.5 Å². The molecule has 80 valence electrons. The van der Waals surface area contributed by atoms with Crippen molar-refractivity contribution in [2.75, 3.05) is 6.26 Å². The van der Waals surface area contributed by atoms with E-state index in [2.05, 4.69) is 0 Å². The van der Waals surface area contributed by atoms with Gasteiger partial charge in [-0.1, -0.05) is 0 Å². The molecular weight excluding hydrogens is 226 g/mol. The van der Waals surface area contributed by atoms with Gasteiger partial charge in [0, 0.05) is 4.90 Å². The molecule has 0 aromatic heterocycles. The predicted octanol–water partition coefficient (Wildman–Crippen LogP) is 1.95. The molecule has 0 unspecified atom stereocenters. The summed E-state index contributed by atoms with van der Waals surface area (Å²) in [7, 11) is 0. The van der Waals surface area contributed by atoms with Gasteiger partial charge in [-0.25, -0.2) is 13.6 Å². The molecule has 15 heavy (non-hydrogen) atoms. The Kier molecular flexibility index (Phi) is 3.41.